The van der Waals surface area contributed by atoms with E-state index < -0.39 is 6.10 Å². The molecule has 0 bridgehead atoms. The Hall–Kier alpha value is -2.89. The van der Waals surface area contributed by atoms with Crippen LogP contribution in [0.1, 0.15) is 387 Å². The van der Waals surface area contributed by atoms with Gasteiger partial charge in [-0.3, -0.25) is 14.4 Å². The van der Waals surface area contributed by atoms with Crippen molar-refractivity contribution in [2.45, 2.75) is 393 Å². The van der Waals surface area contributed by atoms with Crippen LogP contribution in [0.3, 0.4) is 0 Å². The lowest BCUT2D eigenvalue weighted by molar-refractivity contribution is -0.167. The first-order valence-corrected chi connectivity index (χ1v) is 36.3. The minimum absolute atomic E-state index is 0.0803. The smallest absolute Gasteiger partial charge is 0.306 e. The molecule has 0 aromatic rings. The molecule has 0 rings (SSSR count). The molecule has 82 heavy (non-hydrogen) atoms. The highest BCUT2D eigenvalue weighted by Crippen LogP contribution is 2.19. The minimum Gasteiger partial charge on any atom is -0.462 e. The van der Waals surface area contributed by atoms with Crippen molar-refractivity contribution in [3.05, 3.63) is 60.8 Å². The zero-order valence-electron chi connectivity index (χ0n) is 55.0. The van der Waals surface area contributed by atoms with E-state index >= 15 is 0 Å². The average molecular weight is 1150 g/mol. The van der Waals surface area contributed by atoms with E-state index in [-0.39, 0.29) is 31.1 Å². The van der Waals surface area contributed by atoms with Crippen LogP contribution < -0.4 is 0 Å². The summed E-state index contributed by atoms with van der Waals surface area (Å²) in [6.45, 7) is 6.57. The molecule has 0 aliphatic carbocycles. The quantitative estimate of drug-likeness (QED) is 0.0261. The second-order valence-corrected chi connectivity index (χ2v) is 24.5. The molecule has 0 aromatic heterocycles. The van der Waals surface area contributed by atoms with E-state index in [1.165, 1.54) is 250 Å². The predicted molar refractivity (Wildman–Crippen MR) is 358 cm³/mol. The number of hydrogen-bond donors (Lipinski definition) is 0. The molecule has 0 saturated carbocycles. The van der Waals surface area contributed by atoms with Gasteiger partial charge in [-0.2, -0.15) is 0 Å². The first-order valence-electron chi connectivity index (χ1n) is 36.3. The van der Waals surface area contributed by atoms with Crippen molar-refractivity contribution in [3.8, 4) is 0 Å². The zero-order chi connectivity index (χ0) is 59.2. The third-order valence-electron chi connectivity index (χ3n) is 16.3. The Morgan fingerprint density at radius 1 is 0.256 bits per heavy atom. The maximum absolute atomic E-state index is 12.9. The van der Waals surface area contributed by atoms with Crippen LogP contribution in [0.2, 0.25) is 0 Å². The molecule has 0 aliphatic heterocycles. The third kappa shape index (κ3) is 67.9. The van der Waals surface area contributed by atoms with Crippen LogP contribution in [-0.4, -0.2) is 37.2 Å². The summed E-state index contributed by atoms with van der Waals surface area (Å²) in [5.41, 5.74) is 0. The normalized spacial score (nSPS) is 12.4. The Labute approximate surface area is 510 Å². The van der Waals surface area contributed by atoms with Crippen molar-refractivity contribution < 1.29 is 28.6 Å². The Bertz CT molecular complexity index is 1460. The number of unbranched alkanes of at least 4 members (excludes halogenated alkanes) is 46. The number of hydrogen-bond acceptors (Lipinski definition) is 6. The lowest BCUT2D eigenvalue weighted by Gasteiger charge is -2.18. The second kappa shape index (κ2) is 70.6. The summed E-state index contributed by atoms with van der Waals surface area (Å²) in [5, 5.41) is 0. The van der Waals surface area contributed by atoms with Crippen molar-refractivity contribution >= 4 is 17.9 Å². The summed E-state index contributed by atoms with van der Waals surface area (Å²) >= 11 is 0. The predicted octanol–water partition coefficient (Wildman–Crippen LogP) is 25.1. The van der Waals surface area contributed by atoms with Gasteiger partial charge in [-0.25, -0.2) is 0 Å². The van der Waals surface area contributed by atoms with Gasteiger partial charge in [0.05, 0.1) is 0 Å². The van der Waals surface area contributed by atoms with E-state index in [0.29, 0.717) is 19.3 Å². The van der Waals surface area contributed by atoms with E-state index in [0.717, 1.165) is 96.3 Å². The van der Waals surface area contributed by atoms with Gasteiger partial charge in [-0.15, -0.1) is 0 Å². The molecule has 0 aromatic carbocycles. The van der Waals surface area contributed by atoms with Gasteiger partial charge in [0.15, 0.2) is 6.10 Å². The number of rotatable bonds is 67. The zero-order valence-corrected chi connectivity index (χ0v) is 55.0. The number of esters is 3. The summed E-state index contributed by atoms with van der Waals surface area (Å²) in [4.78, 5) is 38.5. The number of allylic oxidation sites excluding steroid dienone is 10. The molecule has 0 saturated heterocycles. The van der Waals surface area contributed by atoms with Gasteiger partial charge in [-0.1, -0.05) is 345 Å². The molecule has 0 fully saturated rings. The highest BCUT2D eigenvalue weighted by molar-refractivity contribution is 5.71. The highest BCUT2D eigenvalue weighted by atomic mass is 16.6. The monoisotopic (exact) mass is 1150 g/mol. The second-order valence-electron chi connectivity index (χ2n) is 24.5. The third-order valence-corrected chi connectivity index (χ3v) is 16.3. The number of carbonyl (C=O) groups is 3. The fourth-order valence-electron chi connectivity index (χ4n) is 10.8. The SMILES string of the molecule is CC/C=C\C/C=C\C/C=C\C/C=C\CCCCCCC(=O)OCC(COC(=O)CCCCCCCCCCCCCCCCCCCCCCCCCCCCCCC)OC(=O)CCCCCCCCC/C=C\CCCCCCCCC. The highest BCUT2D eigenvalue weighted by Gasteiger charge is 2.19. The molecule has 0 spiro atoms. The molecule has 6 nitrogen and oxygen atoms in total. The molecule has 0 heterocycles. The van der Waals surface area contributed by atoms with E-state index in [9.17, 15) is 14.4 Å². The van der Waals surface area contributed by atoms with Crippen LogP contribution in [0.5, 0.6) is 0 Å². The van der Waals surface area contributed by atoms with Gasteiger partial charge >= 0.3 is 17.9 Å². The standard InChI is InChI=1S/C76H138O6/c1-4-7-10-13-16-19-22-25-28-31-33-34-35-36-37-38-39-40-41-42-43-46-48-51-54-57-60-63-66-69-75(78)81-72-73(71-80-74(77)68-65-62-59-56-53-50-47-44-30-27-24-21-18-15-12-9-6-3)82-76(79)70-67-64-61-58-55-52-49-45-32-29-26-23-20-17-14-11-8-5-2/h9,12,18,21,27,29-30,32,47,50,73H,4-8,10-11,13-17,19-20,22-26,28,31,33-46,48-49,51-72H2,1-3H3/b12-9-,21-18-,30-27-,32-29-,50-47-. The lowest BCUT2D eigenvalue weighted by Crippen LogP contribution is -2.30. The molecule has 6 heteroatoms. The molecule has 0 radical (unpaired) electrons. The fraction of sp³-hybridized carbons (Fsp3) is 0.829. The average Bonchev–Trinajstić information content (AvgIpc) is 3.47. The summed E-state index contributed by atoms with van der Waals surface area (Å²) in [6.07, 6.45) is 91.2. The Morgan fingerprint density at radius 3 is 0.756 bits per heavy atom. The summed E-state index contributed by atoms with van der Waals surface area (Å²) in [6, 6.07) is 0. The Kier molecular flexibility index (Phi) is 68.1. The van der Waals surface area contributed by atoms with Crippen molar-refractivity contribution in [1.29, 1.82) is 0 Å². The van der Waals surface area contributed by atoms with Crippen molar-refractivity contribution in [1.82, 2.24) is 0 Å². The molecule has 1 atom stereocenters. The minimum atomic E-state index is -0.787. The fourth-order valence-corrected chi connectivity index (χ4v) is 10.8. The van der Waals surface area contributed by atoms with Gasteiger partial charge in [0.2, 0.25) is 0 Å². The van der Waals surface area contributed by atoms with Crippen LogP contribution in [0.15, 0.2) is 60.8 Å². The Balaban J connectivity index is 4.25. The largest absolute Gasteiger partial charge is 0.462 e. The molecule has 0 aliphatic rings. The van der Waals surface area contributed by atoms with E-state index in [4.69, 9.17) is 14.2 Å². The maximum Gasteiger partial charge on any atom is 0.306 e. The van der Waals surface area contributed by atoms with Gasteiger partial charge in [0, 0.05) is 19.3 Å². The van der Waals surface area contributed by atoms with Crippen LogP contribution in [-0.2, 0) is 28.6 Å². The molecule has 1 unspecified atom stereocenters. The topological polar surface area (TPSA) is 78.9 Å². The van der Waals surface area contributed by atoms with Crippen LogP contribution in [0.4, 0.5) is 0 Å². The van der Waals surface area contributed by atoms with Crippen LogP contribution in [0, 0.1) is 0 Å². The van der Waals surface area contributed by atoms with Gasteiger partial charge in [0.1, 0.15) is 13.2 Å². The van der Waals surface area contributed by atoms with Gasteiger partial charge in [-0.05, 0) is 83.5 Å². The molecular weight excluding hydrogens is 1010 g/mol. The molecule has 478 valence electrons. The number of ether oxygens (including phenoxy) is 3. The first kappa shape index (κ1) is 79.1. The Morgan fingerprint density at radius 2 is 0.476 bits per heavy atom. The molecule has 0 N–H and O–H groups in total. The summed E-state index contributed by atoms with van der Waals surface area (Å²) in [5.74, 6) is -0.886. The maximum atomic E-state index is 12.9. The van der Waals surface area contributed by atoms with Crippen molar-refractivity contribution in [3.63, 3.8) is 0 Å². The van der Waals surface area contributed by atoms with E-state index in [1.807, 2.05) is 0 Å². The van der Waals surface area contributed by atoms with Crippen LogP contribution in [0.25, 0.3) is 0 Å². The summed E-state index contributed by atoms with van der Waals surface area (Å²) < 4.78 is 17.0. The van der Waals surface area contributed by atoms with Gasteiger partial charge in [0.25, 0.3) is 0 Å². The van der Waals surface area contributed by atoms with Crippen molar-refractivity contribution in [2.24, 2.45) is 0 Å². The summed E-state index contributed by atoms with van der Waals surface area (Å²) in [7, 11) is 0. The van der Waals surface area contributed by atoms with E-state index in [1.54, 1.807) is 0 Å². The first-order chi connectivity index (χ1) is 40.5. The van der Waals surface area contributed by atoms with Gasteiger partial charge < -0.3 is 14.2 Å². The van der Waals surface area contributed by atoms with Crippen LogP contribution >= 0.6 is 0 Å². The molecular formula is C76H138O6. The van der Waals surface area contributed by atoms with E-state index in [2.05, 4.69) is 81.5 Å². The lowest BCUT2D eigenvalue weighted by atomic mass is 10.0. The number of carbonyl (C=O) groups excluding carboxylic acids is 3. The van der Waals surface area contributed by atoms with Crippen molar-refractivity contribution in [2.75, 3.05) is 13.2 Å². The molecule has 0 amide bonds.